The van der Waals surface area contributed by atoms with Crippen LogP contribution in [0.25, 0.3) is 0 Å². The van der Waals surface area contributed by atoms with E-state index in [1.807, 2.05) is 6.92 Å². The predicted octanol–water partition coefficient (Wildman–Crippen LogP) is -0.480. The maximum Gasteiger partial charge on any atom is 0.271 e. The molecule has 0 saturated heterocycles. The van der Waals surface area contributed by atoms with Gasteiger partial charge in [0.15, 0.2) is 0 Å². The van der Waals surface area contributed by atoms with Crippen molar-refractivity contribution in [2.45, 2.75) is 6.92 Å². The summed E-state index contributed by atoms with van der Waals surface area (Å²) in [6.07, 6.45) is 0. The van der Waals surface area contributed by atoms with Crippen LogP contribution in [-0.4, -0.2) is 22.6 Å². The molecule has 1 amide bonds. The third-order valence-electron chi connectivity index (χ3n) is 1.25. The van der Waals surface area contributed by atoms with E-state index in [-0.39, 0.29) is 17.2 Å². The molecule has 64 valence electrons. The Morgan fingerprint density at radius 3 is 2.92 bits per heavy atom. The molecular formula is C7H9N3O2. The van der Waals surface area contributed by atoms with E-state index in [4.69, 9.17) is 0 Å². The Bertz CT molecular complexity index is 311. The summed E-state index contributed by atoms with van der Waals surface area (Å²) in [5.74, 6) is -0.284. The van der Waals surface area contributed by atoms with E-state index in [2.05, 4.69) is 15.5 Å². The third kappa shape index (κ3) is 1.91. The molecule has 0 fully saturated rings. The maximum absolute atomic E-state index is 11.1. The Hall–Kier alpha value is -1.65. The molecule has 12 heavy (non-hydrogen) atoms. The second kappa shape index (κ2) is 3.66. The van der Waals surface area contributed by atoms with Gasteiger partial charge in [-0.05, 0) is 13.0 Å². The molecule has 0 spiro atoms. The van der Waals surface area contributed by atoms with E-state index >= 15 is 0 Å². The van der Waals surface area contributed by atoms with E-state index in [9.17, 15) is 9.59 Å². The van der Waals surface area contributed by atoms with Gasteiger partial charge in [0.1, 0.15) is 5.69 Å². The van der Waals surface area contributed by atoms with Crippen molar-refractivity contribution < 1.29 is 4.79 Å². The van der Waals surface area contributed by atoms with Gasteiger partial charge >= 0.3 is 0 Å². The average molecular weight is 167 g/mol. The van der Waals surface area contributed by atoms with E-state index < -0.39 is 0 Å². The topological polar surface area (TPSA) is 74.8 Å². The highest BCUT2D eigenvalue weighted by Crippen LogP contribution is 1.86. The quantitative estimate of drug-likeness (QED) is 0.624. The molecule has 0 radical (unpaired) electrons. The van der Waals surface area contributed by atoms with Gasteiger partial charge in [0.05, 0.1) is 0 Å². The number of carbonyl (C=O) groups is 1. The summed E-state index contributed by atoms with van der Waals surface area (Å²) in [7, 11) is 0. The van der Waals surface area contributed by atoms with E-state index in [1.165, 1.54) is 12.1 Å². The van der Waals surface area contributed by atoms with E-state index in [0.717, 1.165) is 0 Å². The van der Waals surface area contributed by atoms with E-state index in [1.54, 1.807) is 0 Å². The van der Waals surface area contributed by atoms with Crippen LogP contribution in [0.1, 0.15) is 17.4 Å². The molecule has 0 aliphatic heterocycles. The first kappa shape index (κ1) is 8.45. The van der Waals surface area contributed by atoms with Gasteiger partial charge in [-0.2, -0.15) is 5.10 Å². The summed E-state index contributed by atoms with van der Waals surface area (Å²) >= 11 is 0. The molecule has 5 heteroatoms. The zero-order valence-corrected chi connectivity index (χ0v) is 6.63. The van der Waals surface area contributed by atoms with Crippen molar-refractivity contribution in [3.05, 3.63) is 28.2 Å². The van der Waals surface area contributed by atoms with Crippen LogP contribution in [0.15, 0.2) is 16.9 Å². The Morgan fingerprint density at radius 1 is 1.67 bits per heavy atom. The maximum atomic E-state index is 11.1. The smallest absolute Gasteiger partial charge is 0.271 e. The van der Waals surface area contributed by atoms with Crippen LogP contribution in [0.5, 0.6) is 0 Å². The molecule has 0 aromatic carbocycles. The molecule has 2 N–H and O–H groups in total. The molecule has 0 bridgehead atoms. The number of hydrogen-bond donors (Lipinski definition) is 2. The van der Waals surface area contributed by atoms with Crippen LogP contribution in [0.2, 0.25) is 0 Å². The zero-order valence-electron chi connectivity index (χ0n) is 6.63. The van der Waals surface area contributed by atoms with Crippen LogP contribution < -0.4 is 10.9 Å². The lowest BCUT2D eigenvalue weighted by molar-refractivity contribution is 0.0949. The SMILES string of the molecule is CCNC(=O)c1ccc(=O)[nH]n1. The van der Waals surface area contributed by atoms with Crippen molar-refractivity contribution in [3.8, 4) is 0 Å². The highest BCUT2D eigenvalue weighted by atomic mass is 16.2. The summed E-state index contributed by atoms with van der Waals surface area (Å²) in [5, 5.41) is 8.28. The van der Waals surface area contributed by atoms with Gasteiger partial charge in [-0.15, -0.1) is 0 Å². The minimum atomic E-state index is -0.317. The molecule has 1 aromatic heterocycles. The Morgan fingerprint density at radius 2 is 2.42 bits per heavy atom. The molecule has 0 aliphatic rings. The third-order valence-corrected chi connectivity index (χ3v) is 1.25. The lowest BCUT2D eigenvalue weighted by Gasteiger charge is -1.98. The number of nitrogens with zero attached hydrogens (tertiary/aromatic N) is 1. The van der Waals surface area contributed by atoms with Gasteiger partial charge in [0.2, 0.25) is 0 Å². The van der Waals surface area contributed by atoms with Crippen molar-refractivity contribution in [2.24, 2.45) is 0 Å². The van der Waals surface area contributed by atoms with Gasteiger partial charge in [-0.1, -0.05) is 0 Å². The summed E-state index contributed by atoms with van der Waals surface area (Å²) in [5.41, 5.74) is -0.0977. The lowest BCUT2D eigenvalue weighted by atomic mass is 10.4. The Kier molecular flexibility index (Phi) is 2.57. The number of rotatable bonds is 2. The summed E-state index contributed by atoms with van der Waals surface area (Å²) in [4.78, 5) is 21.6. The van der Waals surface area contributed by atoms with Crippen molar-refractivity contribution in [3.63, 3.8) is 0 Å². The van der Waals surface area contributed by atoms with Gasteiger partial charge in [-0.3, -0.25) is 9.59 Å². The summed E-state index contributed by atoms with van der Waals surface area (Å²) < 4.78 is 0. The highest BCUT2D eigenvalue weighted by molar-refractivity contribution is 5.91. The van der Waals surface area contributed by atoms with Gasteiger partial charge in [-0.25, -0.2) is 5.10 Å². The molecule has 0 atom stereocenters. The number of nitrogens with one attached hydrogen (secondary N) is 2. The minimum absolute atomic E-state index is 0.219. The number of amides is 1. The summed E-state index contributed by atoms with van der Waals surface area (Å²) in [6.45, 7) is 2.35. The van der Waals surface area contributed by atoms with Gasteiger partial charge in [0, 0.05) is 12.6 Å². The monoisotopic (exact) mass is 167 g/mol. The summed E-state index contributed by atoms with van der Waals surface area (Å²) in [6, 6.07) is 2.64. The first-order valence-corrected chi connectivity index (χ1v) is 3.58. The molecule has 5 nitrogen and oxygen atoms in total. The fourth-order valence-electron chi connectivity index (χ4n) is 0.722. The lowest BCUT2D eigenvalue weighted by Crippen LogP contribution is -2.25. The number of aromatic nitrogens is 2. The number of hydrogen-bond acceptors (Lipinski definition) is 3. The second-order valence-corrected chi connectivity index (χ2v) is 2.17. The minimum Gasteiger partial charge on any atom is -0.351 e. The largest absolute Gasteiger partial charge is 0.351 e. The van der Waals surface area contributed by atoms with Crippen LogP contribution >= 0.6 is 0 Å². The molecule has 0 saturated carbocycles. The number of H-pyrrole nitrogens is 1. The fourth-order valence-corrected chi connectivity index (χ4v) is 0.722. The number of carbonyl (C=O) groups excluding carboxylic acids is 1. The van der Waals surface area contributed by atoms with Gasteiger partial charge < -0.3 is 5.32 Å². The Balaban J connectivity index is 2.82. The molecule has 0 aliphatic carbocycles. The van der Waals surface area contributed by atoms with Crippen molar-refractivity contribution in [1.29, 1.82) is 0 Å². The fraction of sp³-hybridized carbons (Fsp3) is 0.286. The molecular weight excluding hydrogens is 158 g/mol. The van der Waals surface area contributed by atoms with Crippen LogP contribution in [0.4, 0.5) is 0 Å². The van der Waals surface area contributed by atoms with E-state index in [0.29, 0.717) is 6.54 Å². The molecule has 1 heterocycles. The molecule has 0 unspecified atom stereocenters. The van der Waals surface area contributed by atoms with Crippen molar-refractivity contribution >= 4 is 5.91 Å². The van der Waals surface area contributed by atoms with Gasteiger partial charge in [0.25, 0.3) is 11.5 Å². The van der Waals surface area contributed by atoms with Crippen LogP contribution in [0, 0.1) is 0 Å². The first-order valence-electron chi connectivity index (χ1n) is 3.58. The highest BCUT2D eigenvalue weighted by Gasteiger charge is 2.03. The zero-order chi connectivity index (χ0) is 8.97. The first-order chi connectivity index (χ1) is 5.74. The normalized spacial score (nSPS) is 9.42. The number of aromatic amines is 1. The van der Waals surface area contributed by atoms with Crippen molar-refractivity contribution in [1.82, 2.24) is 15.5 Å². The standard InChI is InChI=1S/C7H9N3O2/c1-2-8-7(12)5-3-4-6(11)10-9-5/h3-4H,2H2,1H3,(H,8,12)(H,10,11). The van der Waals surface area contributed by atoms with Crippen LogP contribution in [0.3, 0.4) is 0 Å². The van der Waals surface area contributed by atoms with Crippen LogP contribution in [-0.2, 0) is 0 Å². The average Bonchev–Trinajstić information content (AvgIpc) is 2.06. The predicted molar refractivity (Wildman–Crippen MR) is 42.9 cm³/mol. The van der Waals surface area contributed by atoms with Crippen molar-refractivity contribution in [2.75, 3.05) is 6.54 Å². The molecule has 1 rings (SSSR count). The molecule has 1 aromatic rings. The second-order valence-electron chi connectivity index (χ2n) is 2.17. The Labute approximate surface area is 68.8 Å².